The van der Waals surface area contributed by atoms with Crippen LogP contribution in [0.1, 0.15) is 51.9 Å². The van der Waals surface area contributed by atoms with Crippen LogP contribution in [-0.4, -0.2) is 27.8 Å². The first-order chi connectivity index (χ1) is 8.96. The Hall–Kier alpha value is -0.350. The normalized spacial score (nSPS) is 19.8. The predicted molar refractivity (Wildman–Crippen MR) is 83.3 cm³/mol. The lowest BCUT2D eigenvalue weighted by atomic mass is 9.83. The third-order valence-electron chi connectivity index (χ3n) is 4.28. The van der Waals surface area contributed by atoms with Crippen LogP contribution in [0.5, 0.6) is 0 Å². The summed E-state index contributed by atoms with van der Waals surface area (Å²) in [6.45, 7) is 13.5. The molecule has 0 radical (unpaired) electrons. The number of hydrogen-bond acceptors (Lipinski definition) is 2. The van der Waals surface area contributed by atoms with Crippen molar-refractivity contribution in [1.29, 1.82) is 0 Å². The van der Waals surface area contributed by atoms with E-state index in [0.29, 0.717) is 5.41 Å². The highest BCUT2D eigenvalue weighted by Gasteiger charge is 2.26. The molecular formula is C15H26BrN3. The highest BCUT2D eigenvalue weighted by atomic mass is 79.9. The first-order valence-electron chi connectivity index (χ1n) is 7.43. The van der Waals surface area contributed by atoms with Gasteiger partial charge in [-0.1, -0.05) is 20.8 Å². The van der Waals surface area contributed by atoms with Gasteiger partial charge in [0.15, 0.2) is 0 Å². The summed E-state index contributed by atoms with van der Waals surface area (Å²) in [5.41, 5.74) is 3.06. The summed E-state index contributed by atoms with van der Waals surface area (Å²) in [6, 6.07) is 0. The summed E-state index contributed by atoms with van der Waals surface area (Å²) in [7, 11) is 0. The van der Waals surface area contributed by atoms with E-state index in [-0.39, 0.29) is 0 Å². The van der Waals surface area contributed by atoms with Gasteiger partial charge in [-0.05, 0) is 60.6 Å². The summed E-state index contributed by atoms with van der Waals surface area (Å²) in [6.07, 6.45) is 3.59. The molecule has 2 heterocycles. The van der Waals surface area contributed by atoms with Crippen LogP contribution in [0.4, 0.5) is 0 Å². The van der Waals surface area contributed by atoms with Gasteiger partial charge < -0.3 is 0 Å². The molecule has 1 fully saturated rings. The van der Waals surface area contributed by atoms with E-state index in [9.17, 15) is 0 Å². The average Bonchev–Trinajstić information content (AvgIpc) is 2.68. The zero-order chi connectivity index (χ0) is 14.0. The predicted octanol–water partition coefficient (Wildman–Crippen LogP) is 3.85. The van der Waals surface area contributed by atoms with Crippen molar-refractivity contribution in [2.75, 3.05) is 13.1 Å². The zero-order valence-electron chi connectivity index (χ0n) is 12.7. The molecular weight excluding hydrogens is 302 g/mol. The Morgan fingerprint density at radius 3 is 2.37 bits per heavy atom. The van der Waals surface area contributed by atoms with Gasteiger partial charge in [0.05, 0.1) is 15.9 Å². The van der Waals surface area contributed by atoms with Gasteiger partial charge in [-0.25, -0.2) is 0 Å². The maximum Gasteiger partial charge on any atom is 0.0767 e. The SMILES string of the molecule is CCc1nn(CC)c(CN2CCC(C)(C)CC2)c1Br. The summed E-state index contributed by atoms with van der Waals surface area (Å²) in [5, 5.41) is 4.68. The minimum Gasteiger partial charge on any atom is -0.297 e. The fourth-order valence-corrected chi connectivity index (χ4v) is 3.39. The quantitative estimate of drug-likeness (QED) is 0.837. The monoisotopic (exact) mass is 327 g/mol. The standard InChI is InChI=1S/C15H26BrN3/c1-5-12-14(16)13(19(6-2)17-12)11-18-9-7-15(3,4)8-10-18/h5-11H2,1-4H3. The van der Waals surface area contributed by atoms with Gasteiger partial charge in [-0.15, -0.1) is 0 Å². The van der Waals surface area contributed by atoms with Gasteiger partial charge in [0.2, 0.25) is 0 Å². The Bertz CT molecular complexity index is 427. The number of halogens is 1. The number of likely N-dealkylation sites (tertiary alicyclic amines) is 1. The van der Waals surface area contributed by atoms with Crippen LogP contribution >= 0.6 is 15.9 Å². The summed E-state index contributed by atoms with van der Waals surface area (Å²) < 4.78 is 3.38. The van der Waals surface area contributed by atoms with Crippen molar-refractivity contribution >= 4 is 15.9 Å². The molecule has 1 aliphatic rings. The van der Waals surface area contributed by atoms with Gasteiger partial charge in [0.1, 0.15) is 0 Å². The molecule has 0 amide bonds. The molecule has 0 saturated carbocycles. The molecule has 0 bridgehead atoms. The van der Waals surface area contributed by atoms with E-state index in [1.54, 1.807) is 0 Å². The van der Waals surface area contributed by atoms with Gasteiger partial charge in [0, 0.05) is 13.1 Å². The third kappa shape index (κ3) is 3.40. The van der Waals surface area contributed by atoms with E-state index in [2.05, 4.69) is 58.3 Å². The first-order valence-corrected chi connectivity index (χ1v) is 8.22. The molecule has 19 heavy (non-hydrogen) atoms. The smallest absolute Gasteiger partial charge is 0.0767 e. The second kappa shape index (κ2) is 5.96. The molecule has 1 saturated heterocycles. The zero-order valence-corrected chi connectivity index (χ0v) is 14.3. The van der Waals surface area contributed by atoms with Crippen molar-refractivity contribution in [2.24, 2.45) is 5.41 Å². The second-order valence-electron chi connectivity index (χ2n) is 6.32. The number of aromatic nitrogens is 2. The Labute approximate surface area is 125 Å². The second-order valence-corrected chi connectivity index (χ2v) is 7.11. The summed E-state index contributed by atoms with van der Waals surface area (Å²) in [5.74, 6) is 0. The van der Waals surface area contributed by atoms with Gasteiger partial charge >= 0.3 is 0 Å². The largest absolute Gasteiger partial charge is 0.297 e. The van der Waals surface area contributed by atoms with E-state index in [1.807, 2.05) is 0 Å². The maximum atomic E-state index is 4.68. The Kier molecular flexibility index (Phi) is 4.72. The van der Waals surface area contributed by atoms with E-state index in [0.717, 1.165) is 19.5 Å². The van der Waals surface area contributed by atoms with Crippen molar-refractivity contribution in [1.82, 2.24) is 14.7 Å². The minimum atomic E-state index is 0.521. The van der Waals surface area contributed by atoms with Crippen LogP contribution in [-0.2, 0) is 19.5 Å². The summed E-state index contributed by atoms with van der Waals surface area (Å²) >= 11 is 3.74. The molecule has 2 rings (SSSR count). The fourth-order valence-electron chi connectivity index (χ4n) is 2.70. The first kappa shape index (κ1) is 15.0. The van der Waals surface area contributed by atoms with E-state index in [4.69, 9.17) is 0 Å². The highest BCUT2D eigenvalue weighted by Crippen LogP contribution is 2.31. The Morgan fingerprint density at radius 2 is 1.84 bits per heavy atom. The van der Waals surface area contributed by atoms with Crippen molar-refractivity contribution in [3.8, 4) is 0 Å². The van der Waals surface area contributed by atoms with Crippen LogP contribution in [0.3, 0.4) is 0 Å². The van der Waals surface area contributed by atoms with Crippen LogP contribution < -0.4 is 0 Å². The average molecular weight is 328 g/mol. The van der Waals surface area contributed by atoms with Crippen molar-refractivity contribution in [3.63, 3.8) is 0 Å². The molecule has 1 aliphatic heterocycles. The molecule has 0 aromatic carbocycles. The molecule has 0 aliphatic carbocycles. The number of hydrogen-bond donors (Lipinski definition) is 0. The number of rotatable bonds is 4. The van der Waals surface area contributed by atoms with Crippen molar-refractivity contribution in [2.45, 2.75) is 60.0 Å². The van der Waals surface area contributed by atoms with Crippen LogP contribution in [0.15, 0.2) is 4.47 Å². The van der Waals surface area contributed by atoms with Crippen LogP contribution in [0, 0.1) is 5.41 Å². The lowest BCUT2D eigenvalue weighted by molar-refractivity contribution is 0.124. The lowest BCUT2D eigenvalue weighted by Gasteiger charge is -2.36. The molecule has 0 unspecified atom stereocenters. The van der Waals surface area contributed by atoms with Crippen molar-refractivity contribution in [3.05, 3.63) is 15.9 Å². The Balaban J connectivity index is 2.09. The molecule has 108 valence electrons. The number of aryl methyl sites for hydroxylation is 2. The van der Waals surface area contributed by atoms with Gasteiger partial charge in [-0.3, -0.25) is 9.58 Å². The molecule has 3 nitrogen and oxygen atoms in total. The van der Waals surface area contributed by atoms with E-state index < -0.39 is 0 Å². The van der Waals surface area contributed by atoms with Gasteiger partial charge in [-0.2, -0.15) is 5.10 Å². The minimum absolute atomic E-state index is 0.521. The number of piperidine rings is 1. The van der Waals surface area contributed by atoms with E-state index in [1.165, 1.54) is 41.8 Å². The van der Waals surface area contributed by atoms with E-state index >= 15 is 0 Å². The highest BCUT2D eigenvalue weighted by molar-refractivity contribution is 9.10. The molecule has 0 N–H and O–H groups in total. The van der Waals surface area contributed by atoms with Crippen LogP contribution in [0.25, 0.3) is 0 Å². The summed E-state index contributed by atoms with van der Waals surface area (Å²) in [4.78, 5) is 2.57. The molecule has 1 aromatic heterocycles. The lowest BCUT2D eigenvalue weighted by Crippen LogP contribution is -2.37. The molecule has 0 atom stereocenters. The number of nitrogens with zero attached hydrogens (tertiary/aromatic N) is 3. The molecule has 0 spiro atoms. The third-order valence-corrected chi connectivity index (χ3v) is 5.19. The molecule has 4 heteroatoms. The van der Waals surface area contributed by atoms with Gasteiger partial charge in [0.25, 0.3) is 0 Å². The maximum absolute atomic E-state index is 4.68. The molecule has 1 aromatic rings. The topological polar surface area (TPSA) is 21.1 Å². The fraction of sp³-hybridized carbons (Fsp3) is 0.800. The Morgan fingerprint density at radius 1 is 1.21 bits per heavy atom. The van der Waals surface area contributed by atoms with Crippen LogP contribution in [0.2, 0.25) is 0 Å². The van der Waals surface area contributed by atoms with Crippen molar-refractivity contribution < 1.29 is 0 Å².